The minimum Gasteiger partial charge on any atom is -0.355 e. The van der Waals surface area contributed by atoms with Gasteiger partial charge in [-0.3, -0.25) is 4.79 Å². The lowest BCUT2D eigenvalue weighted by Crippen LogP contribution is -2.43. The molecule has 0 aliphatic rings. The average Bonchev–Trinajstić information content (AvgIpc) is 1.91. The maximum Gasteiger partial charge on any atom is 0.237 e. The summed E-state index contributed by atoms with van der Waals surface area (Å²) in [5, 5.41) is 5.54. The Kier molecular flexibility index (Phi) is 10.1. The van der Waals surface area contributed by atoms with E-state index in [0.29, 0.717) is 12.3 Å². The van der Waals surface area contributed by atoms with Gasteiger partial charge in [-0.1, -0.05) is 0 Å². The molecule has 1 atom stereocenters. The standard InChI is InChI=1S/C6H14N2OS.ClH/c1-3-8-6(9)5(4-10)7-2;/h5,7,10H,3-4H2,1-2H3,(H,8,9);1H/t5-;/m0./s1. The summed E-state index contributed by atoms with van der Waals surface area (Å²) >= 11 is 4.00. The highest BCUT2D eigenvalue weighted by Gasteiger charge is 2.11. The zero-order valence-corrected chi connectivity index (χ0v) is 8.47. The Labute approximate surface area is 79.1 Å². The van der Waals surface area contributed by atoms with Gasteiger partial charge >= 0.3 is 0 Å². The van der Waals surface area contributed by atoms with Crippen molar-refractivity contribution < 1.29 is 4.79 Å². The van der Waals surface area contributed by atoms with Crippen molar-refractivity contribution >= 4 is 30.9 Å². The molecule has 0 saturated heterocycles. The normalized spacial score (nSPS) is 11.5. The van der Waals surface area contributed by atoms with Crippen LogP contribution in [0.25, 0.3) is 0 Å². The molecule has 5 heteroatoms. The van der Waals surface area contributed by atoms with Gasteiger partial charge in [0.2, 0.25) is 5.91 Å². The lowest BCUT2D eigenvalue weighted by molar-refractivity contribution is -0.122. The SMILES string of the molecule is CCNC(=O)[C@H](CS)NC.Cl. The number of halogens is 1. The van der Waals surface area contributed by atoms with E-state index in [2.05, 4.69) is 23.3 Å². The van der Waals surface area contributed by atoms with E-state index in [0.717, 1.165) is 0 Å². The molecule has 68 valence electrons. The first-order valence-corrected chi connectivity index (χ1v) is 3.95. The fourth-order valence-electron chi connectivity index (χ4n) is 0.603. The van der Waals surface area contributed by atoms with Gasteiger partial charge in [-0.05, 0) is 14.0 Å². The van der Waals surface area contributed by atoms with Crippen molar-refractivity contribution in [1.29, 1.82) is 0 Å². The van der Waals surface area contributed by atoms with Crippen molar-refractivity contribution in [2.24, 2.45) is 0 Å². The molecule has 0 aromatic heterocycles. The van der Waals surface area contributed by atoms with E-state index in [4.69, 9.17) is 0 Å². The fraction of sp³-hybridized carbons (Fsp3) is 0.833. The highest BCUT2D eigenvalue weighted by Crippen LogP contribution is 1.85. The number of hydrogen-bond acceptors (Lipinski definition) is 3. The number of carbonyl (C=O) groups is 1. The van der Waals surface area contributed by atoms with Crippen LogP contribution < -0.4 is 10.6 Å². The first-order valence-electron chi connectivity index (χ1n) is 3.32. The second kappa shape index (κ2) is 8.17. The zero-order chi connectivity index (χ0) is 7.98. The van der Waals surface area contributed by atoms with E-state index >= 15 is 0 Å². The quantitative estimate of drug-likeness (QED) is 0.560. The third-order valence-electron chi connectivity index (χ3n) is 1.20. The number of rotatable bonds is 4. The van der Waals surface area contributed by atoms with Crippen LogP contribution in [-0.4, -0.2) is 31.3 Å². The Balaban J connectivity index is 0. The molecule has 0 rings (SSSR count). The molecular weight excluding hydrogens is 184 g/mol. The Bertz CT molecular complexity index is 109. The summed E-state index contributed by atoms with van der Waals surface area (Å²) in [4.78, 5) is 11.0. The molecule has 0 spiro atoms. The van der Waals surface area contributed by atoms with Crippen molar-refractivity contribution in [3.05, 3.63) is 0 Å². The van der Waals surface area contributed by atoms with Gasteiger partial charge in [-0.25, -0.2) is 0 Å². The first-order chi connectivity index (χ1) is 4.76. The molecule has 0 aliphatic carbocycles. The molecule has 0 saturated carbocycles. The Hall–Kier alpha value is 0.0700. The third-order valence-corrected chi connectivity index (χ3v) is 1.56. The molecular formula is C6H15ClN2OS. The van der Waals surface area contributed by atoms with E-state index in [1.165, 1.54) is 0 Å². The Morgan fingerprint density at radius 3 is 2.45 bits per heavy atom. The lowest BCUT2D eigenvalue weighted by Gasteiger charge is -2.11. The summed E-state index contributed by atoms with van der Waals surface area (Å²) in [5.41, 5.74) is 0. The van der Waals surface area contributed by atoms with Gasteiger partial charge in [0.05, 0.1) is 6.04 Å². The van der Waals surface area contributed by atoms with Gasteiger partial charge in [-0.2, -0.15) is 12.6 Å². The highest BCUT2D eigenvalue weighted by atomic mass is 35.5. The molecule has 0 fully saturated rings. The van der Waals surface area contributed by atoms with E-state index in [1.807, 2.05) is 6.92 Å². The fourth-order valence-corrected chi connectivity index (χ4v) is 0.951. The zero-order valence-electron chi connectivity index (χ0n) is 6.76. The van der Waals surface area contributed by atoms with Gasteiger partial charge in [0, 0.05) is 12.3 Å². The highest BCUT2D eigenvalue weighted by molar-refractivity contribution is 7.80. The van der Waals surface area contributed by atoms with Gasteiger partial charge in [0.15, 0.2) is 0 Å². The summed E-state index contributed by atoms with van der Waals surface area (Å²) in [6.07, 6.45) is 0. The maximum atomic E-state index is 11.0. The van der Waals surface area contributed by atoms with Crippen LogP contribution in [0.15, 0.2) is 0 Å². The van der Waals surface area contributed by atoms with Crippen LogP contribution >= 0.6 is 25.0 Å². The molecule has 0 radical (unpaired) electrons. The predicted octanol–water partition coefficient (Wildman–Crippen LogP) is 0.0621. The lowest BCUT2D eigenvalue weighted by atomic mass is 10.3. The molecule has 0 bridgehead atoms. The van der Waals surface area contributed by atoms with Crippen LogP contribution in [0.1, 0.15) is 6.92 Å². The molecule has 0 aromatic rings. The van der Waals surface area contributed by atoms with Gasteiger partial charge < -0.3 is 10.6 Å². The minimum atomic E-state index is -0.164. The van der Waals surface area contributed by atoms with E-state index in [9.17, 15) is 4.79 Å². The largest absolute Gasteiger partial charge is 0.355 e. The topological polar surface area (TPSA) is 41.1 Å². The van der Waals surface area contributed by atoms with Crippen molar-refractivity contribution in [3.8, 4) is 0 Å². The smallest absolute Gasteiger partial charge is 0.237 e. The summed E-state index contributed by atoms with van der Waals surface area (Å²) < 4.78 is 0. The van der Waals surface area contributed by atoms with Crippen LogP contribution in [0.4, 0.5) is 0 Å². The van der Waals surface area contributed by atoms with Crippen LogP contribution in [0.2, 0.25) is 0 Å². The first kappa shape index (κ1) is 13.6. The van der Waals surface area contributed by atoms with Crippen molar-refractivity contribution in [3.63, 3.8) is 0 Å². The molecule has 0 unspecified atom stereocenters. The summed E-state index contributed by atoms with van der Waals surface area (Å²) in [6, 6.07) is -0.164. The minimum absolute atomic E-state index is 0. The molecule has 0 heterocycles. The van der Waals surface area contributed by atoms with Gasteiger partial charge in [0.1, 0.15) is 0 Å². The summed E-state index contributed by atoms with van der Waals surface area (Å²) in [7, 11) is 1.75. The molecule has 2 N–H and O–H groups in total. The van der Waals surface area contributed by atoms with Crippen molar-refractivity contribution in [2.45, 2.75) is 13.0 Å². The number of likely N-dealkylation sites (N-methyl/N-ethyl adjacent to an activating group) is 2. The number of amides is 1. The Morgan fingerprint density at radius 2 is 2.18 bits per heavy atom. The van der Waals surface area contributed by atoms with E-state index in [-0.39, 0.29) is 24.4 Å². The number of thiol groups is 1. The molecule has 3 nitrogen and oxygen atoms in total. The Morgan fingerprint density at radius 1 is 1.64 bits per heavy atom. The second-order valence-corrected chi connectivity index (χ2v) is 2.28. The van der Waals surface area contributed by atoms with Crippen LogP contribution in [-0.2, 0) is 4.79 Å². The van der Waals surface area contributed by atoms with E-state index in [1.54, 1.807) is 7.05 Å². The average molecular weight is 199 g/mol. The summed E-state index contributed by atoms with van der Waals surface area (Å²) in [5.74, 6) is 0.544. The van der Waals surface area contributed by atoms with E-state index < -0.39 is 0 Å². The van der Waals surface area contributed by atoms with Crippen LogP contribution in [0, 0.1) is 0 Å². The molecule has 1 amide bonds. The van der Waals surface area contributed by atoms with Gasteiger partial charge in [0.25, 0.3) is 0 Å². The van der Waals surface area contributed by atoms with Crippen molar-refractivity contribution in [2.75, 3.05) is 19.3 Å². The molecule has 0 aliphatic heterocycles. The third kappa shape index (κ3) is 5.35. The van der Waals surface area contributed by atoms with Crippen molar-refractivity contribution in [1.82, 2.24) is 10.6 Å². The number of carbonyl (C=O) groups excluding carboxylic acids is 1. The van der Waals surface area contributed by atoms with Crippen LogP contribution in [0.5, 0.6) is 0 Å². The number of nitrogens with one attached hydrogen (secondary N) is 2. The maximum absolute atomic E-state index is 11.0. The summed E-state index contributed by atoms with van der Waals surface area (Å²) in [6.45, 7) is 2.56. The number of hydrogen-bond donors (Lipinski definition) is 3. The monoisotopic (exact) mass is 198 g/mol. The predicted molar refractivity (Wildman–Crippen MR) is 52.6 cm³/mol. The van der Waals surface area contributed by atoms with Crippen LogP contribution in [0.3, 0.4) is 0 Å². The van der Waals surface area contributed by atoms with Gasteiger partial charge in [-0.15, -0.1) is 12.4 Å². The second-order valence-electron chi connectivity index (χ2n) is 1.92. The molecule has 11 heavy (non-hydrogen) atoms. The molecule has 0 aromatic carbocycles.